The van der Waals surface area contributed by atoms with Crippen molar-refractivity contribution in [2.75, 3.05) is 11.9 Å². The second-order valence-corrected chi connectivity index (χ2v) is 5.53. The van der Waals surface area contributed by atoms with Crippen molar-refractivity contribution in [2.24, 2.45) is 0 Å². The van der Waals surface area contributed by atoms with Crippen LogP contribution in [0.15, 0.2) is 42.1 Å². The number of carbonyl (C=O) groups excluding carboxylic acids is 2. The number of benzene rings is 1. The topological polar surface area (TPSA) is 73.2 Å². The molecule has 0 fully saturated rings. The number of aromatic nitrogens is 2. The lowest BCUT2D eigenvalue weighted by molar-refractivity contribution is -0.111. The van der Waals surface area contributed by atoms with Crippen LogP contribution in [0.25, 0.3) is 5.69 Å². The van der Waals surface area contributed by atoms with Gasteiger partial charge in [-0.25, -0.2) is 9.48 Å². The Morgan fingerprint density at radius 1 is 1.25 bits per heavy atom. The van der Waals surface area contributed by atoms with Crippen molar-refractivity contribution in [3.05, 3.63) is 53.4 Å². The average Bonchev–Trinajstić information content (AvgIpc) is 2.89. The molecule has 2 aromatic rings. The number of hydrogen-bond acceptors (Lipinski definition) is 4. The van der Waals surface area contributed by atoms with Gasteiger partial charge in [0.15, 0.2) is 0 Å². The summed E-state index contributed by atoms with van der Waals surface area (Å²) < 4.78 is 6.67. The van der Waals surface area contributed by atoms with Crippen molar-refractivity contribution in [3.63, 3.8) is 0 Å². The van der Waals surface area contributed by atoms with Crippen molar-refractivity contribution in [1.82, 2.24) is 9.78 Å². The molecule has 0 saturated heterocycles. The van der Waals surface area contributed by atoms with Crippen LogP contribution in [0, 0.1) is 6.92 Å². The number of nitrogens with zero attached hydrogens (tertiary/aromatic N) is 2. The van der Waals surface area contributed by atoms with Crippen molar-refractivity contribution < 1.29 is 14.3 Å². The number of anilines is 1. The lowest BCUT2D eigenvalue weighted by Gasteiger charge is -2.07. The molecule has 1 aromatic carbocycles. The van der Waals surface area contributed by atoms with Crippen LogP contribution in [0.3, 0.4) is 0 Å². The zero-order valence-corrected chi connectivity index (χ0v) is 14.3. The molecule has 0 aliphatic carbocycles. The molecule has 6 heteroatoms. The standard InChI is InChI=1S/C18H21N3O3/c1-5-24-18(23)16-11-19-21(13(16)4)15-8-6-14(7-9-15)20-17(22)10-12(2)3/h6-11H,5H2,1-4H3,(H,20,22). The van der Waals surface area contributed by atoms with E-state index in [0.717, 1.165) is 11.3 Å². The van der Waals surface area contributed by atoms with Gasteiger partial charge in [-0.15, -0.1) is 0 Å². The van der Waals surface area contributed by atoms with Gasteiger partial charge in [-0.1, -0.05) is 5.57 Å². The predicted molar refractivity (Wildman–Crippen MR) is 92.3 cm³/mol. The van der Waals surface area contributed by atoms with E-state index in [2.05, 4.69) is 10.4 Å². The van der Waals surface area contributed by atoms with Gasteiger partial charge < -0.3 is 10.1 Å². The van der Waals surface area contributed by atoms with Gasteiger partial charge in [0.25, 0.3) is 0 Å². The van der Waals surface area contributed by atoms with Gasteiger partial charge in [0.05, 0.1) is 24.2 Å². The van der Waals surface area contributed by atoms with Crippen molar-refractivity contribution in [1.29, 1.82) is 0 Å². The van der Waals surface area contributed by atoms with Gasteiger partial charge in [-0.2, -0.15) is 5.10 Å². The van der Waals surface area contributed by atoms with Crippen LogP contribution in [0.1, 0.15) is 36.8 Å². The Labute approximate surface area is 141 Å². The second-order valence-electron chi connectivity index (χ2n) is 5.53. The van der Waals surface area contributed by atoms with E-state index < -0.39 is 0 Å². The molecule has 24 heavy (non-hydrogen) atoms. The molecule has 0 unspecified atom stereocenters. The highest BCUT2D eigenvalue weighted by atomic mass is 16.5. The van der Waals surface area contributed by atoms with Gasteiger partial charge >= 0.3 is 5.97 Å². The van der Waals surface area contributed by atoms with Crippen LogP contribution in [0.5, 0.6) is 0 Å². The summed E-state index contributed by atoms with van der Waals surface area (Å²) in [6.45, 7) is 7.63. The zero-order chi connectivity index (χ0) is 17.7. The highest BCUT2D eigenvalue weighted by molar-refractivity contribution is 5.99. The van der Waals surface area contributed by atoms with E-state index in [9.17, 15) is 9.59 Å². The quantitative estimate of drug-likeness (QED) is 0.676. The minimum absolute atomic E-state index is 0.164. The molecule has 126 valence electrons. The van der Waals surface area contributed by atoms with Crippen molar-refractivity contribution in [3.8, 4) is 5.69 Å². The zero-order valence-electron chi connectivity index (χ0n) is 14.3. The maximum Gasteiger partial charge on any atom is 0.341 e. The number of amides is 1. The summed E-state index contributed by atoms with van der Waals surface area (Å²) in [7, 11) is 0. The maximum absolute atomic E-state index is 11.8. The molecule has 1 heterocycles. The first kappa shape index (κ1) is 17.5. The number of ether oxygens (including phenoxy) is 1. The van der Waals surface area contributed by atoms with E-state index in [1.165, 1.54) is 12.3 Å². The summed E-state index contributed by atoms with van der Waals surface area (Å²) in [6.07, 6.45) is 3.04. The number of carbonyl (C=O) groups is 2. The van der Waals surface area contributed by atoms with Crippen molar-refractivity contribution >= 4 is 17.6 Å². The summed E-state index contributed by atoms with van der Waals surface area (Å²) >= 11 is 0. The first-order valence-corrected chi connectivity index (χ1v) is 7.70. The molecule has 6 nitrogen and oxygen atoms in total. The van der Waals surface area contributed by atoms with E-state index in [4.69, 9.17) is 4.74 Å². The molecule has 0 atom stereocenters. The predicted octanol–water partition coefficient (Wildman–Crippen LogP) is 3.26. The number of allylic oxidation sites excluding steroid dienone is 1. The molecule has 1 aromatic heterocycles. The lowest BCUT2D eigenvalue weighted by Crippen LogP contribution is -2.09. The third-order valence-electron chi connectivity index (χ3n) is 3.30. The largest absolute Gasteiger partial charge is 0.462 e. The molecule has 0 spiro atoms. The first-order valence-electron chi connectivity index (χ1n) is 7.70. The van der Waals surface area contributed by atoms with E-state index in [1.54, 1.807) is 23.7 Å². The van der Waals surface area contributed by atoms with Crippen molar-refractivity contribution in [2.45, 2.75) is 27.7 Å². The molecule has 1 N–H and O–H groups in total. The summed E-state index contributed by atoms with van der Waals surface area (Å²) in [6, 6.07) is 7.23. The second kappa shape index (κ2) is 7.59. The minimum Gasteiger partial charge on any atom is -0.462 e. The molecule has 0 bridgehead atoms. The molecule has 0 aliphatic heterocycles. The highest BCUT2D eigenvalue weighted by Gasteiger charge is 2.15. The van der Waals surface area contributed by atoms with Crippen LogP contribution in [0.4, 0.5) is 5.69 Å². The Bertz CT molecular complexity index is 769. The van der Waals surface area contributed by atoms with E-state index in [0.29, 0.717) is 23.6 Å². The molecule has 2 rings (SSSR count). The molecule has 0 saturated carbocycles. The van der Waals surface area contributed by atoms with E-state index in [-0.39, 0.29) is 11.9 Å². The molecular formula is C18H21N3O3. The van der Waals surface area contributed by atoms with Crippen LogP contribution in [0.2, 0.25) is 0 Å². The van der Waals surface area contributed by atoms with Crippen LogP contribution >= 0.6 is 0 Å². The summed E-state index contributed by atoms with van der Waals surface area (Å²) in [5.41, 5.74) is 3.57. The fourth-order valence-electron chi connectivity index (χ4n) is 2.21. The summed E-state index contributed by atoms with van der Waals surface area (Å²) in [4.78, 5) is 23.6. The molecular weight excluding hydrogens is 306 g/mol. The lowest BCUT2D eigenvalue weighted by atomic mass is 10.2. The molecule has 0 radical (unpaired) electrons. The summed E-state index contributed by atoms with van der Waals surface area (Å²) in [5, 5.41) is 7.03. The Hall–Kier alpha value is -2.89. The Morgan fingerprint density at radius 3 is 2.50 bits per heavy atom. The average molecular weight is 327 g/mol. The third kappa shape index (κ3) is 4.10. The van der Waals surface area contributed by atoms with Crippen LogP contribution in [-0.4, -0.2) is 28.3 Å². The summed E-state index contributed by atoms with van der Waals surface area (Å²) in [5.74, 6) is -0.547. The van der Waals surface area contributed by atoms with Gasteiger partial charge in [0, 0.05) is 11.8 Å². The van der Waals surface area contributed by atoms with E-state index >= 15 is 0 Å². The molecule has 0 aliphatic rings. The number of hydrogen-bond donors (Lipinski definition) is 1. The smallest absolute Gasteiger partial charge is 0.341 e. The first-order chi connectivity index (χ1) is 11.4. The van der Waals surface area contributed by atoms with Gasteiger partial charge in [-0.05, 0) is 52.0 Å². The monoisotopic (exact) mass is 327 g/mol. The fraction of sp³-hybridized carbons (Fsp3) is 0.278. The number of rotatable bonds is 5. The van der Waals surface area contributed by atoms with Gasteiger partial charge in [0.1, 0.15) is 5.56 Å². The maximum atomic E-state index is 11.8. The normalized spacial score (nSPS) is 10.2. The molecule has 1 amide bonds. The minimum atomic E-state index is -0.383. The number of nitrogens with one attached hydrogen (secondary N) is 1. The van der Waals surface area contributed by atoms with Crippen LogP contribution < -0.4 is 5.32 Å². The Kier molecular flexibility index (Phi) is 5.52. The van der Waals surface area contributed by atoms with Crippen LogP contribution in [-0.2, 0) is 9.53 Å². The SMILES string of the molecule is CCOC(=O)c1cnn(-c2ccc(NC(=O)C=C(C)C)cc2)c1C. The van der Waals surface area contributed by atoms with E-state index in [1.807, 2.05) is 32.9 Å². The highest BCUT2D eigenvalue weighted by Crippen LogP contribution is 2.17. The fourth-order valence-corrected chi connectivity index (χ4v) is 2.21. The van der Waals surface area contributed by atoms with Gasteiger partial charge in [-0.3, -0.25) is 4.79 Å². The third-order valence-corrected chi connectivity index (χ3v) is 3.30. The van der Waals surface area contributed by atoms with Gasteiger partial charge in [0.2, 0.25) is 5.91 Å². The number of esters is 1. The Morgan fingerprint density at radius 2 is 1.92 bits per heavy atom. The Balaban J connectivity index is 2.18.